The molecule has 2 atom stereocenters. The fourth-order valence-corrected chi connectivity index (χ4v) is 4.18. The molecule has 0 saturated carbocycles. The Kier molecular flexibility index (Phi) is 4.77. The Hall–Kier alpha value is -2.75. The lowest BCUT2D eigenvalue weighted by Crippen LogP contribution is -2.51. The zero-order chi connectivity index (χ0) is 18.9. The molecule has 2 aromatic carbocycles. The molecular formula is C22H23NO3. The second kappa shape index (κ2) is 6.87. The van der Waals surface area contributed by atoms with Gasteiger partial charge in [0, 0.05) is 17.5 Å². The van der Waals surface area contributed by atoms with Crippen LogP contribution in [0.2, 0.25) is 0 Å². The van der Waals surface area contributed by atoms with Crippen LogP contribution in [0.1, 0.15) is 32.8 Å². The number of rotatable bonds is 5. The summed E-state index contributed by atoms with van der Waals surface area (Å²) in [6.07, 6.45) is 0.258. The fraction of sp³-hybridized carbons (Fsp3) is 0.318. The molecule has 2 unspecified atom stereocenters. The Labute approximate surface area is 153 Å². The van der Waals surface area contributed by atoms with Crippen molar-refractivity contribution in [3.8, 4) is 0 Å². The maximum Gasteiger partial charge on any atom is 0.228 e. The standard InChI is InChI=1S/C22H23NO3/c1-15(24)20(16(2)25)21-22(3,17-10-6-4-7-11-17)14-19(26)23(21)18-12-8-5-9-13-18/h4-13,20-21H,14H2,1-3H3. The molecular weight excluding hydrogens is 326 g/mol. The van der Waals surface area contributed by atoms with Crippen LogP contribution in [0.3, 0.4) is 0 Å². The van der Waals surface area contributed by atoms with Crippen molar-refractivity contribution in [1.82, 2.24) is 0 Å². The van der Waals surface area contributed by atoms with Gasteiger partial charge in [0.1, 0.15) is 11.6 Å². The molecule has 26 heavy (non-hydrogen) atoms. The van der Waals surface area contributed by atoms with Crippen LogP contribution >= 0.6 is 0 Å². The second-order valence-electron chi connectivity index (χ2n) is 7.20. The fourth-order valence-electron chi connectivity index (χ4n) is 4.18. The number of amides is 1. The van der Waals surface area contributed by atoms with Gasteiger partial charge in [0.15, 0.2) is 0 Å². The summed E-state index contributed by atoms with van der Waals surface area (Å²) in [5, 5.41) is 0. The molecule has 1 aliphatic heterocycles. The quantitative estimate of drug-likeness (QED) is 0.776. The smallest absolute Gasteiger partial charge is 0.228 e. The molecule has 0 aromatic heterocycles. The van der Waals surface area contributed by atoms with Crippen molar-refractivity contribution in [3.63, 3.8) is 0 Å². The van der Waals surface area contributed by atoms with Gasteiger partial charge < -0.3 is 4.90 Å². The predicted molar refractivity (Wildman–Crippen MR) is 101 cm³/mol. The lowest BCUT2D eigenvalue weighted by molar-refractivity contribution is -0.131. The third-order valence-corrected chi connectivity index (χ3v) is 5.38. The Morgan fingerprint density at radius 1 is 0.962 bits per heavy atom. The number of hydrogen-bond acceptors (Lipinski definition) is 3. The zero-order valence-electron chi connectivity index (χ0n) is 15.3. The van der Waals surface area contributed by atoms with Crippen LogP contribution in [0.5, 0.6) is 0 Å². The maximum atomic E-state index is 13.0. The molecule has 1 aliphatic rings. The highest BCUT2D eigenvalue weighted by molar-refractivity contribution is 6.06. The largest absolute Gasteiger partial charge is 0.307 e. The molecule has 1 amide bonds. The minimum Gasteiger partial charge on any atom is -0.307 e. The van der Waals surface area contributed by atoms with Crippen molar-refractivity contribution in [1.29, 1.82) is 0 Å². The summed E-state index contributed by atoms with van der Waals surface area (Å²) in [5.74, 6) is -1.34. The van der Waals surface area contributed by atoms with E-state index in [-0.39, 0.29) is 23.9 Å². The van der Waals surface area contributed by atoms with Gasteiger partial charge in [-0.3, -0.25) is 14.4 Å². The molecule has 0 bridgehead atoms. The number of nitrogens with zero attached hydrogens (tertiary/aromatic N) is 1. The molecule has 4 heteroatoms. The molecule has 1 heterocycles. The van der Waals surface area contributed by atoms with Gasteiger partial charge in [0.05, 0.1) is 12.0 Å². The lowest BCUT2D eigenvalue weighted by atomic mass is 9.69. The van der Waals surface area contributed by atoms with E-state index in [4.69, 9.17) is 0 Å². The normalized spacial score (nSPS) is 22.7. The molecule has 2 aromatic rings. The van der Waals surface area contributed by atoms with E-state index in [1.165, 1.54) is 13.8 Å². The van der Waals surface area contributed by atoms with E-state index >= 15 is 0 Å². The first-order chi connectivity index (χ1) is 12.4. The summed E-state index contributed by atoms with van der Waals surface area (Å²) >= 11 is 0. The van der Waals surface area contributed by atoms with Crippen LogP contribution in [0.4, 0.5) is 5.69 Å². The van der Waals surface area contributed by atoms with Gasteiger partial charge in [-0.15, -0.1) is 0 Å². The van der Waals surface area contributed by atoms with Crippen molar-refractivity contribution in [3.05, 3.63) is 66.2 Å². The van der Waals surface area contributed by atoms with Gasteiger partial charge in [0.2, 0.25) is 5.91 Å². The number of Topliss-reactive ketones (excluding diaryl/α,β-unsaturated/α-hetero) is 2. The summed E-state index contributed by atoms with van der Waals surface area (Å²) < 4.78 is 0. The summed E-state index contributed by atoms with van der Waals surface area (Å²) in [7, 11) is 0. The number of benzene rings is 2. The van der Waals surface area contributed by atoms with Crippen molar-refractivity contribution in [2.45, 2.75) is 38.6 Å². The first-order valence-corrected chi connectivity index (χ1v) is 8.80. The summed E-state index contributed by atoms with van der Waals surface area (Å²) in [6, 6.07) is 18.4. The Morgan fingerprint density at radius 3 is 1.96 bits per heavy atom. The van der Waals surface area contributed by atoms with Crippen LogP contribution in [0.15, 0.2) is 60.7 Å². The minimum atomic E-state index is -0.855. The minimum absolute atomic E-state index is 0.0694. The van der Waals surface area contributed by atoms with Crippen molar-refractivity contribution >= 4 is 23.2 Å². The summed E-state index contributed by atoms with van der Waals surface area (Å²) in [5.41, 5.74) is 1.05. The average Bonchev–Trinajstić information content (AvgIpc) is 2.88. The van der Waals surface area contributed by atoms with Gasteiger partial charge in [0.25, 0.3) is 0 Å². The average molecular weight is 349 g/mol. The van der Waals surface area contributed by atoms with Crippen LogP contribution in [-0.2, 0) is 19.8 Å². The molecule has 0 N–H and O–H groups in total. The van der Waals surface area contributed by atoms with E-state index in [1.807, 2.05) is 67.6 Å². The first kappa shape index (κ1) is 18.1. The van der Waals surface area contributed by atoms with E-state index in [0.717, 1.165) is 11.3 Å². The molecule has 3 rings (SSSR count). The highest BCUT2D eigenvalue weighted by atomic mass is 16.2. The molecule has 0 radical (unpaired) electrons. The van der Waals surface area contributed by atoms with Crippen LogP contribution in [-0.4, -0.2) is 23.5 Å². The van der Waals surface area contributed by atoms with Crippen molar-refractivity contribution in [2.24, 2.45) is 5.92 Å². The molecule has 4 nitrogen and oxygen atoms in total. The highest BCUT2D eigenvalue weighted by Crippen LogP contribution is 2.46. The third-order valence-electron chi connectivity index (χ3n) is 5.38. The molecule has 0 spiro atoms. The monoisotopic (exact) mass is 349 g/mol. The Morgan fingerprint density at radius 2 is 1.46 bits per heavy atom. The lowest BCUT2D eigenvalue weighted by Gasteiger charge is -2.39. The third kappa shape index (κ3) is 2.96. The van der Waals surface area contributed by atoms with Crippen molar-refractivity contribution in [2.75, 3.05) is 4.90 Å². The molecule has 0 aliphatic carbocycles. The Balaban J connectivity index is 2.21. The number of anilines is 1. The Bertz CT molecular complexity index is 817. The number of carbonyl (C=O) groups excluding carboxylic acids is 3. The number of hydrogen-bond donors (Lipinski definition) is 0. The van der Waals surface area contributed by atoms with Gasteiger partial charge >= 0.3 is 0 Å². The summed E-state index contributed by atoms with van der Waals surface area (Å²) in [4.78, 5) is 39.5. The zero-order valence-corrected chi connectivity index (χ0v) is 15.3. The van der Waals surface area contributed by atoms with Crippen LogP contribution in [0, 0.1) is 5.92 Å². The van der Waals surface area contributed by atoms with Crippen molar-refractivity contribution < 1.29 is 14.4 Å². The SMILES string of the molecule is CC(=O)C(C(C)=O)C1N(c2ccccc2)C(=O)CC1(C)c1ccccc1. The van der Waals surface area contributed by atoms with Gasteiger partial charge in [-0.05, 0) is 31.5 Å². The topological polar surface area (TPSA) is 54.5 Å². The van der Waals surface area contributed by atoms with Crippen LogP contribution < -0.4 is 4.90 Å². The molecule has 1 saturated heterocycles. The molecule has 134 valence electrons. The van der Waals surface area contributed by atoms with Gasteiger partial charge in [-0.1, -0.05) is 55.5 Å². The number of carbonyl (C=O) groups is 3. The van der Waals surface area contributed by atoms with E-state index < -0.39 is 17.4 Å². The van der Waals surface area contributed by atoms with Gasteiger partial charge in [-0.2, -0.15) is 0 Å². The predicted octanol–water partition coefficient (Wildman–Crippen LogP) is 3.54. The highest BCUT2D eigenvalue weighted by Gasteiger charge is 2.55. The summed E-state index contributed by atoms with van der Waals surface area (Å²) in [6.45, 7) is 4.85. The molecule has 1 fully saturated rings. The van der Waals surface area contributed by atoms with Crippen LogP contribution in [0.25, 0.3) is 0 Å². The van der Waals surface area contributed by atoms with E-state index in [0.29, 0.717) is 0 Å². The number of ketones is 2. The van der Waals surface area contributed by atoms with Gasteiger partial charge in [-0.25, -0.2) is 0 Å². The van der Waals surface area contributed by atoms with E-state index in [1.54, 1.807) is 4.90 Å². The van der Waals surface area contributed by atoms with E-state index in [9.17, 15) is 14.4 Å². The maximum absolute atomic E-state index is 13.0. The number of para-hydroxylation sites is 1. The second-order valence-corrected chi connectivity index (χ2v) is 7.20. The van der Waals surface area contributed by atoms with E-state index in [2.05, 4.69) is 0 Å². The first-order valence-electron chi connectivity index (χ1n) is 8.80.